The maximum atomic E-state index is 12.0. The van der Waals surface area contributed by atoms with Crippen molar-refractivity contribution in [1.82, 2.24) is 5.32 Å². The average molecular weight is 303 g/mol. The molecule has 1 fully saturated rings. The Morgan fingerprint density at radius 3 is 2.53 bits per heavy atom. The molecule has 1 aromatic carbocycles. The van der Waals surface area contributed by atoms with Crippen molar-refractivity contribution in [2.75, 3.05) is 4.90 Å². The number of thiocarbonyl (C=S) groups is 1. The second-order valence-electron chi connectivity index (χ2n) is 3.75. The fraction of sp³-hybridized carbons (Fsp3) is 0.182. The van der Waals surface area contributed by atoms with Crippen molar-refractivity contribution in [2.45, 2.75) is 12.5 Å². The van der Waals surface area contributed by atoms with Crippen LogP contribution in [0, 0.1) is 0 Å². The molecule has 4 N–H and O–H groups in total. The van der Waals surface area contributed by atoms with Crippen molar-refractivity contribution in [2.24, 2.45) is 0 Å². The van der Waals surface area contributed by atoms with Crippen LogP contribution in [0.2, 0.25) is 5.02 Å². The summed E-state index contributed by atoms with van der Waals surface area (Å²) in [6.07, 6.45) is -0.303. The maximum absolute atomic E-state index is 12.0. The average Bonchev–Trinajstić information content (AvgIpc) is 2.55. The van der Waals surface area contributed by atoms with Gasteiger partial charge in [-0.2, -0.15) is 0 Å². The lowest BCUT2D eigenvalue weighted by atomic mass is 10.2. The van der Waals surface area contributed by atoms with Crippen molar-refractivity contribution in [3.05, 3.63) is 29.3 Å². The summed E-state index contributed by atoms with van der Waals surface area (Å²) < 4.78 is 0. The van der Waals surface area contributed by atoms with Crippen molar-refractivity contribution >= 4 is 46.5 Å². The third-order valence-corrected chi connectivity index (χ3v) is 3.04. The normalized spacial score (nSPS) is 17.9. The van der Waals surface area contributed by atoms with E-state index in [4.69, 9.17) is 28.9 Å². The number of carboxylic acid groups (broad SMARTS) is 1. The maximum Gasteiger partial charge on any atom is 0.305 e. The van der Waals surface area contributed by atoms with Crippen LogP contribution in [-0.4, -0.2) is 33.6 Å². The smallest absolute Gasteiger partial charge is 0.305 e. The van der Waals surface area contributed by atoms with Gasteiger partial charge in [-0.15, -0.1) is 0 Å². The van der Waals surface area contributed by atoms with Gasteiger partial charge in [-0.1, -0.05) is 11.6 Å². The molecule has 1 aliphatic rings. The summed E-state index contributed by atoms with van der Waals surface area (Å²) in [5.41, 5.74) is 0.565. The lowest BCUT2D eigenvalue weighted by Gasteiger charge is -2.14. The molecule has 8 heteroatoms. The van der Waals surface area contributed by atoms with Crippen LogP contribution in [0.3, 0.4) is 0 Å². The van der Waals surface area contributed by atoms with E-state index >= 15 is 0 Å². The van der Waals surface area contributed by atoms with Gasteiger partial charge in [-0.3, -0.25) is 14.5 Å². The number of anilines is 1. The first-order chi connectivity index (χ1) is 8.49. The number of rotatable bonds is 3. The molecule has 1 atom stereocenters. The molecule has 0 saturated carbocycles. The molecule has 6 nitrogen and oxygen atoms in total. The molecule has 2 rings (SSSR count). The number of aliphatic carboxylic acids is 1. The Hall–Kier alpha value is -1.70. The van der Waals surface area contributed by atoms with Crippen LogP contribution in [0.1, 0.15) is 6.42 Å². The van der Waals surface area contributed by atoms with Crippen LogP contribution >= 0.6 is 23.8 Å². The number of nitrogens with zero attached hydrogens (tertiary/aromatic N) is 1. The van der Waals surface area contributed by atoms with E-state index in [-0.39, 0.29) is 22.9 Å². The first-order valence-electron chi connectivity index (χ1n) is 5.11. The Balaban J connectivity index is 0.00000180. The van der Waals surface area contributed by atoms with Crippen molar-refractivity contribution in [3.8, 4) is 0 Å². The first kappa shape index (κ1) is 15.4. The van der Waals surface area contributed by atoms with Crippen molar-refractivity contribution in [1.29, 1.82) is 0 Å². The lowest BCUT2D eigenvalue weighted by molar-refractivity contribution is -0.139. The van der Waals surface area contributed by atoms with Crippen LogP contribution < -0.4 is 10.2 Å². The summed E-state index contributed by atoms with van der Waals surface area (Å²) in [4.78, 5) is 23.9. The van der Waals surface area contributed by atoms with Gasteiger partial charge in [0.15, 0.2) is 5.11 Å². The summed E-state index contributed by atoms with van der Waals surface area (Å²) in [7, 11) is 0. The van der Waals surface area contributed by atoms with Gasteiger partial charge in [0.25, 0.3) is 5.91 Å². The molecular formula is C11H11ClN2O4S. The predicted octanol–water partition coefficient (Wildman–Crippen LogP) is 0.580. The predicted molar refractivity (Wildman–Crippen MR) is 74.3 cm³/mol. The summed E-state index contributed by atoms with van der Waals surface area (Å²) >= 11 is 10.8. The highest BCUT2D eigenvalue weighted by Crippen LogP contribution is 2.22. The SMILES string of the molecule is O.O=C(O)CC1NC(=S)N(c2ccc(Cl)cc2)C1=O. The van der Waals surface area contributed by atoms with E-state index in [1.165, 1.54) is 4.90 Å². The largest absolute Gasteiger partial charge is 0.481 e. The van der Waals surface area contributed by atoms with Crippen LogP contribution in [-0.2, 0) is 9.59 Å². The van der Waals surface area contributed by atoms with Gasteiger partial charge in [0, 0.05) is 5.02 Å². The summed E-state index contributed by atoms with van der Waals surface area (Å²) in [6, 6.07) is 5.76. The zero-order valence-electron chi connectivity index (χ0n) is 9.59. The third kappa shape index (κ3) is 3.19. The summed E-state index contributed by atoms with van der Waals surface area (Å²) in [5, 5.41) is 12.1. The van der Waals surface area contributed by atoms with Crippen molar-refractivity contribution < 1.29 is 20.2 Å². The Morgan fingerprint density at radius 2 is 2.00 bits per heavy atom. The van der Waals surface area contributed by atoms with Gasteiger partial charge in [-0.25, -0.2) is 0 Å². The monoisotopic (exact) mass is 302 g/mol. The molecule has 1 saturated heterocycles. The van der Waals surface area contributed by atoms with Crippen LogP contribution in [0.5, 0.6) is 0 Å². The molecule has 19 heavy (non-hydrogen) atoms. The number of nitrogens with one attached hydrogen (secondary N) is 1. The van der Waals surface area contributed by atoms with Gasteiger partial charge in [0.1, 0.15) is 6.04 Å². The number of halogens is 1. The number of hydrogen-bond donors (Lipinski definition) is 2. The highest BCUT2D eigenvalue weighted by atomic mass is 35.5. The minimum atomic E-state index is -1.05. The molecule has 1 aliphatic heterocycles. The fourth-order valence-electron chi connectivity index (χ4n) is 1.68. The second kappa shape index (κ2) is 5.96. The Kier molecular flexibility index (Phi) is 4.82. The Bertz CT molecular complexity index is 520. The molecule has 0 bridgehead atoms. The molecule has 102 valence electrons. The minimum absolute atomic E-state index is 0. The summed E-state index contributed by atoms with van der Waals surface area (Å²) in [5.74, 6) is -1.42. The first-order valence-corrected chi connectivity index (χ1v) is 5.89. The molecule has 0 spiro atoms. The zero-order chi connectivity index (χ0) is 13.3. The van der Waals surface area contributed by atoms with E-state index in [2.05, 4.69) is 5.32 Å². The molecule has 1 unspecified atom stereocenters. The van der Waals surface area contributed by atoms with E-state index in [0.29, 0.717) is 10.7 Å². The van der Waals surface area contributed by atoms with E-state index in [1.807, 2.05) is 0 Å². The van der Waals surface area contributed by atoms with E-state index in [0.717, 1.165) is 0 Å². The van der Waals surface area contributed by atoms with Gasteiger partial charge < -0.3 is 15.9 Å². The molecular weight excluding hydrogens is 292 g/mol. The highest BCUT2D eigenvalue weighted by Gasteiger charge is 2.37. The number of hydrogen-bond acceptors (Lipinski definition) is 3. The number of amides is 1. The Labute approximate surface area is 119 Å². The molecule has 0 aromatic heterocycles. The van der Waals surface area contributed by atoms with Gasteiger partial charge in [0.2, 0.25) is 0 Å². The van der Waals surface area contributed by atoms with Gasteiger partial charge in [0.05, 0.1) is 12.1 Å². The lowest BCUT2D eigenvalue weighted by Crippen LogP contribution is -2.32. The summed E-state index contributed by atoms with van der Waals surface area (Å²) in [6.45, 7) is 0. The number of benzene rings is 1. The topological polar surface area (TPSA) is 101 Å². The van der Waals surface area contributed by atoms with Gasteiger partial charge >= 0.3 is 5.97 Å². The molecule has 1 heterocycles. The number of carboxylic acids is 1. The van der Waals surface area contributed by atoms with Crippen LogP contribution in [0.4, 0.5) is 5.69 Å². The van der Waals surface area contributed by atoms with Crippen LogP contribution in [0.25, 0.3) is 0 Å². The molecule has 0 aliphatic carbocycles. The van der Waals surface area contributed by atoms with Gasteiger partial charge in [-0.05, 0) is 36.5 Å². The molecule has 0 radical (unpaired) electrons. The van der Waals surface area contributed by atoms with Crippen molar-refractivity contribution in [3.63, 3.8) is 0 Å². The number of carbonyl (C=O) groups excluding carboxylic acids is 1. The fourth-order valence-corrected chi connectivity index (χ4v) is 2.14. The highest BCUT2D eigenvalue weighted by molar-refractivity contribution is 7.80. The minimum Gasteiger partial charge on any atom is -0.481 e. The quantitative estimate of drug-likeness (QED) is 0.795. The van der Waals surface area contributed by atoms with Crippen LogP contribution in [0.15, 0.2) is 24.3 Å². The van der Waals surface area contributed by atoms with E-state index in [9.17, 15) is 9.59 Å². The van der Waals surface area contributed by atoms with E-state index < -0.39 is 12.0 Å². The molecule has 1 amide bonds. The molecule has 1 aromatic rings. The standard InChI is InChI=1S/C11H9ClN2O3S.H2O/c12-6-1-3-7(4-2-6)14-10(17)8(5-9(15)16)13-11(14)18;/h1-4,8H,5H2,(H,13,18)(H,15,16);1H2. The second-order valence-corrected chi connectivity index (χ2v) is 4.57. The van der Waals surface area contributed by atoms with E-state index in [1.54, 1.807) is 24.3 Å². The number of carbonyl (C=O) groups is 2. The zero-order valence-corrected chi connectivity index (χ0v) is 11.2. The third-order valence-electron chi connectivity index (χ3n) is 2.48. The Morgan fingerprint density at radius 1 is 1.42 bits per heavy atom.